The van der Waals surface area contributed by atoms with Crippen molar-refractivity contribution >= 4 is 39.9 Å². The molecule has 0 radical (unpaired) electrons. The molecule has 40 heavy (non-hydrogen) atoms. The fraction of sp³-hybridized carbons (Fsp3) is 0.310. The zero-order chi connectivity index (χ0) is 27.4. The number of carbonyl (C=O) groups excluding carboxylic acids is 1. The van der Waals surface area contributed by atoms with Crippen LogP contribution in [-0.2, 0) is 0 Å². The van der Waals surface area contributed by atoms with E-state index in [0.29, 0.717) is 18.4 Å². The van der Waals surface area contributed by atoms with Gasteiger partial charge in [0.25, 0.3) is 5.91 Å². The highest BCUT2D eigenvalue weighted by atomic mass is 35.5. The Morgan fingerprint density at radius 2 is 2.02 bits per heavy atom. The van der Waals surface area contributed by atoms with Crippen LogP contribution in [0.2, 0.25) is 5.02 Å². The van der Waals surface area contributed by atoms with E-state index in [-0.39, 0.29) is 16.6 Å². The third-order valence-electron chi connectivity index (χ3n) is 8.07. The van der Waals surface area contributed by atoms with Crippen LogP contribution in [0, 0.1) is 17.7 Å². The predicted octanol–water partition coefficient (Wildman–Crippen LogP) is 5.11. The van der Waals surface area contributed by atoms with Crippen LogP contribution in [0.5, 0.6) is 5.75 Å². The van der Waals surface area contributed by atoms with Crippen LogP contribution in [0.25, 0.3) is 27.7 Å². The summed E-state index contributed by atoms with van der Waals surface area (Å²) in [5, 5.41) is 15.8. The van der Waals surface area contributed by atoms with Crippen LogP contribution in [0.3, 0.4) is 0 Å². The topological polar surface area (TPSA) is 100 Å². The summed E-state index contributed by atoms with van der Waals surface area (Å²) in [4.78, 5) is 19.8. The second-order valence-electron chi connectivity index (χ2n) is 10.5. The van der Waals surface area contributed by atoms with E-state index in [9.17, 15) is 9.18 Å². The smallest absolute Gasteiger partial charge is 0.255 e. The van der Waals surface area contributed by atoms with Gasteiger partial charge in [0, 0.05) is 36.5 Å². The number of aromatic amines is 1. The van der Waals surface area contributed by atoms with Gasteiger partial charge in [-0.2, -0.15) is 5.10 Å². The molecule has 1 saturated heterocycles. The van der Waals surface area contributed by atoms with Gasteiger partial charge in [-0.1, -0.05) is 17.7 Å². The molecule has 2 N–H and O–H groups in total. The summed E-state index contributed by atoms with van der Waals surface area (Å²) in [6.45, 7) is 4.25. The monoisotopic (exact) mass is 559 g/mol. The minimum Gasteiger partial charge on any atom is -0.492 e. The third-order valence-corrected chi connectivity index (χ3v) is 8.39. The zero-order valence-corrected chi connectivity index (χ0v) is 22.5. The number of anilines is 1. The molecule has 1 aromatic carbocycles. The van der Waals surface area contributed by atoms with Crippen LogP contribution in [-0.4, -0.2) is 56.4 Å². The zero-order valence-electron chi connectivity index (χ0n) is 21.8. The molecule has 5 heterocycles. The third kappa shape index (κ3) is 4.23. The minimum absolute atomic E-state index is 0.00564. The van der Waals surface area contributed by atoms with E-state index in [1.54, 1.807) is 6.20 Å². The van der Waals surface area contributed by atoms with Crippen LogP contribution >= 0.6 is 11.6 Å². The van der Waals surface area contributed by atoms with E-state index in [1.807, 2.05) is 29.9 Å². The number of ether oxygens (including phenoxy) is 1. The molecule has 2 fully saturated rings. The molecule has 2 aliphatic rings. The molecule has 3 atom stereocenters. The minimum atomic E-state index is -0.600. The Kier molecular flexibility index (Phi) is 6.07. The van der Waals surface area contributed by atoms with Gasteiger partial charge in [0.15, 0.2) is 5.65 Å². The second-order valence-corrected chi connectivity index (χ2v) is 10.9. The summed E-state index contributed by atoms with van der Waals surface area (Å²) >= 11 is 6.08. The van der Waals surface area contributed by atoms with E-state index in [2.05, 4.69) is 37.6 Å². The van der Waals surface area contributed by atoms with Gasteiger partial charge in [-0.15, -0.1) is 5.10 Å². The summed E-state index contributed by atoms with van der Waals surface area (Å²) in [6.07, 6.45) is 7.26. The van der Waals surface area contributed by atoms with Crippen LogP contribution in [0.15, 0.2) is 55.0 Å². The number of fused-ring (bicyclic) bond motifs is 4. The van der Waals surface area contributed by atoms with Gasteiger partial charge in [0.05, 0.1) is 40.5 Å². The van der Waals surface area contributed by atoms with Crippen molar-refractivity contribution in [3.8, 4) is 16.9 Å². The Labute approximate surface area is 234 Å². The number of pyridine rings is 2. The number of carbonyl (C=O) groups is 1. The molecule has 1 aliphatic carbocycles. The largest absolute Gasteiger partial charge is 0.492 e. The molecule has 0 bridgehead atoms. The number of H-pyrrole nitrogens is 1. The molecule has 7 rings (SSSR count). The number of hydrogen-bond acceptors (Lipinski definition) is 6. The summed E-state index contributed by atoms with van der Waals surface area (Å²) in [7, 11) is 0. The van der Waals surface area contributed by atoms with Crippen molar-refractivity contribution in [2.24, 2.45) is 11.8 Å². The Bertz CT molecular complexity index is 1700. The van der Waals surface area contributed by atoms with Crippen molar-refractivity contribution in [3.05, 3.63) is 71.4 Å². The number of aromatic nitrogens is 5. The number of nitrogens with one attached hydrogen (secondary N) is 2. The number of hydrogen-bond donors (Lipinski definition) is 2. The quantitative estimate of drug-likeness (QED) is 0.300. The standard InChI is InChI=1S/C29H27ClFN7O2/c1-2-40-20-10-21(27-22-12-33-35-28(22)36-38(27)15-20)16-6-7-25(32-11-16)37-13-17-8-19(9-18(17)14-37)34-29(39)26-23(30)4-3-5-24(26)31/h3-7,10-12,15,17-19H,2,8-9,13-14H2,1H3,(H,34,39)(H,35,36)/t17-,18?,19+/m0/s1. The molecule has 4 aromatic heterocycles. The van der Waals surface area contributed by atoms with Gasteiger partial charge in [-0.25, -0.2) is 13.9 Å². The second kappa shape index (κ2) is 9.78. The highest BCUT2D eigenvalue weighted by Crippen LogP contribution is 2.40. The van der Waals surface area contributed by atoms with Crippen molar-refractivity contribution in [1.29, 1.82) is 0 Å². The normalized spacial score (nSPS) is 20.4. The van der Waals surface area contributed by atoms with E-state index < -0.39 is 11.7 Å². The van der Waals surface area contributed by atoms with Gasteiger partial charge in [0.1, 0.15) is 17.4 Å². The first-order valence-electron chi connectivity index (χ1n) is 13.4. The molecule has 1 unspecified atom stereocenters. The van der Waals surface area contributed by atoms with Gasteiger partial charge in [-0.3, -0.25) is 9.89 Å². The predicted molar refractivity (Wildman–Crippen MR) is 150 cm³/mol. The number of rotatable bonds is 6. The molecule has 11 heteroatoms. The van der Waals surface area contributed by atoms with Crippen molar-refractivity contribution < 1.29 is 13.9 Å². The molecular formula is C29H27ClFN7O2. The Morgan fingerprint density at radius 1 is 1.20 bits per heavy atom. The molecule has 1 amide bonds. The lowest BCUT2D eigenvalue weighted by molar-refractivity contribution is 0.0932. The van der Waals surface area contributed by atoms with Gasteiger partial charge in [-0.05, 0) is 61.9 Å². The number of amides is 1. The Balaban J connectivity index is 1.06. The maximum Gasteiger partial charge on any atom is 0.255 e. The lowest BCUT2D eigenvalue weighted by atomic mass is 10.0. The fourth-order valence-electron chi connectivity index (χ4n) is 6.32. The van der Waals surface area contributed by atoms with Crippen molar-refractivity contribution in [2.45, 2.75) is 25.8 Å². The van der Waals surface area contributed by atoms with Gasteiger partial charge in [0.2, 0.25) is 0 Å². The Morgan fingerprint density at radius 3 is 2.75 bits per heavy atom. The summed E-state index contributed by atoms with van der Waals surface area (Å²) in [6, 6.07) is 10.5. The first-order valence-corrected chi connectivity index (χ1v) is 13.8. The highest BCUT2D eigenvalue weighted by molar-refractivity contribution is 6.33. The average Bonchev–Trinajstić information content (AvgIpc) is 3.69. The van der Waals surface area contributed by atoms with Gasteiger partial charge >= 0.3 is 0 Å². The molecule has 204 valence electrons. The highest BCUT2D eigenvalue weighted by Gasteiger charge is 2.42. The molecule has 1 saturated carbocycles. The summed E-state index contributed by atoms with van der Waals surface area (Å²) in [5.74, 6) is 1.49. The van der Waals surface area contributed by atoms with Crippen LogP contribution in [0.4, 0.5) is 10.2 Å². The van der Waals surface area contributed by atoms with Crippen molar-refractivity contribution in [1.82, 2.24) is 30.1 Å². The lowest BCUT2D eigenvalue weighted by Gasteiger charge is -2.21. The van der Waals surface area contributed by atoms with E-state index in [4.69, 9.17) is 21.3 Å². The number of nitrogens with zero attached hydrogens (tertiary/aromatic N) is 5. The molecule has 0 spiro atoms. The maximum atomic E-state index is 14.2. The van der Waals surface area contributed by atoms with E-state index in [0.717, 1.165) is 65.2 Å². The first-order chi connectivity index (χ1) is 19.5. The summed E-state index contributed by atoms with van der Waals surface area (Å²) < 4.78 is 21.8. The number of benzene rings is 1. The molecule has 5 aromatic rings. The fourth-order valence-corrected chi connectivity index (χ4v) is 6.56. The van der Waals surface area contributed by atoms with Crippen molar-refractivity contribution in [3.63, 3.8) is 0 Å². The van der Waals surface area contributed by atoms with E-state index >= 15 is 0 Å². The van der Waals surface area contributed by atoms with Crippen LogP contribution in [0.1, 0.15) is 30.1 Å². The Hall–Kier alpha value is -4.18. The molecule has 9 nitrogen and oxygen atoms in total. The SMILES string of the molecule is CCOc1cc(-c2ccc(N3CC4C[C@H](NC(=O)c5c(F)cccc5Cl)C[C@H]4C3)nc2)c2c3cn[nH]c3nn2c1. The van der Waals surface area contributed by atoms with Crippen LogP contribution < -0.4 is 15.0 Å². The van der Waals surface area contributed by atoms with E-state index in [1.165, 1.54) is 18.2 Å². The van der Waals surface area contributed by atoms with Crippen molar-refractivity contribution in [2.75, 3.05) is 24.6 Å². The first kappa shape index (κ1) is 24.8. The van der Waals surface area contributed by atoms with Gasteiger partial charge < -0.3 is 15.0 Å². The lowest BCUT2D eigenvalue weighted by Crippen LogP contribution is -2.35. The summed E-state index contributed by atoms with van der Waals surface area (Å²) in [5.41, 5.74) is 3.52. The molecular weight excluding hydrogens is 533 g/mol. The average molecular weight is 560 g/mol. The maximum absolute atomic E-state index is 14.2. The number of halogens is 2. The molecule has 1 aliphatic heterocycles.